The molecular formula is C14H11N2O+. The van der Waals surface area contributed by atoms with E-state index in [1.54, 1.807) is 12.4 Å². The van der Waals surface area contributed by atoms with E-state index in [0.717, 1.165) is 28.0 Å². The van der Waals surface area contributed by atoms with Gasteiger partial charge in [-0.2, -0.15) is 0 Å². The Hall–Kier alpha value is -2.29. The van der Waals surface area contributed by atoms with Gasteiger partial charge in [-0.15, -0.1) is 0 Å². The number of para-hydroxylation sites is 1. The van der Waals surface area contributed by atoms with Gasteiger partial charge < -0.3 is 0 Å². The fourth-order valence-electron chi connectivity index (χ4n) is 2.10. The molecule has 0 aliphatic carbocycles. The Labute approximate surface area is 99.0 Å². The topological polar surface area (TPSA) is 33.0 Å². The molecule has 1 aliphatic heterocycles. The predicted molar refractivity (Wildman–Crippen MR) is 65.8 cm³/mol. The molecule has 0 saturated heterocycles. The number of aromatic nitrogens is 1. The summed E-state index contributed by atoms with van der Waals surface area (Å²) in [6.45, 7) is 0. The monoisotopic (exact) mass is 223 g/mol. The van der Waals surface area contributed by atoms with Crippen molar-refractivity contribution in [2.24, 2.45) is 0 Å². The number of hydrogen-bond acceptors (Lipinski definition) is 2. The van der Waals surface area contributed by atoms with E-state index in [1.165, 1.54) is 0 Å². The van der Waals surface area contributed by atoms with Gasteiger partial charge in [0.25, 0.3) is 5.69 Å². The first-order chi connectivity index (χ1) is 8.36. The Bertz CT molecular complexity index is 603. The first-order valence-electron chi connectivity index (χ1n) is 5.52. The molecule has 17 heavy (non-hydrogen) atoms. The number of pyridine rings is 1. The lowest BCUT2D eigenvalue weighted by Crippen LogP contribution is -2.03. The lowest BCUT2D eigenvalue weighted by molar-refractivity contribution is -0.386. The van der Waals surface area contributed by atoms with Crippen molar-refractivity contribution in [1.82, 2.24) is 4.98 Å². The molecule has 0 unspecified atom stereocenters. The molecule has 0 saturated carbocycles. The summed E-state index contributed by atoms with van der Waals surface area (Å²) in [5.41, 5.74) is 3.49. The molecule has 1 aliphatic rings. The second-order valence-corrected chi connectivity index (χ2v) is 3.94. The zero-order chi connectivity index (χ0) is 11.7. The third kappa shape index (κ3) is 1.65. The molecule has 3 heteroatoms. The molecule has 0 radical (unpaired) electrons. The Balaban J connectivity index is 2.24. The van der Waals surface area contributed by atoms with Crippen LogP contribution in [-0.4, -0.2) is 9.74 Å². The van der Waals surface area contributed by atoms with E-state index in [-0.39, 0.29) is 0 Å². The van der Waals surface area contributed by atoms with Crippen molar-refractivity contribution in [3.05, 3.63) is 65.3 Å². The highest BCUT2D eigenvalue weighted by Gasteiger charge is 2.25. The lowest BCUT2D eigenvalue weighted by atomic mass is 10.00. The molecule has 1 aromatic heterocycles. The number of hydrogen-bond donors (Lipinski definition) is 0. The normalized spacial score (nSPS) is 13.5. The average Bonchev–Trinajstić information content (AvgIpc) is 2.39. The number of rotatable bonds is 1. The van der Waals surface area contributed by atoms with Gasteiger partial charge in [0.05, 0.1) is 16.0 Å². The number of nitroso groups, excluding NO2 is 1. The van der Waals surface area contributed by atoms with Crippen LogP contribution in [-0.2, 0) is 6.42 Å². The second kappa shape index (κ2) is 3.94. The molecular weight excluding hydrogens is 212 g/mol. The van der Waals surface area contributed by atoms with E-state index in [1.807, 2.05) is 42.5 Å². The highest BCUT2D eigenvalue weighted by atomic mass is 16.3. The van der Waals surface area contributed by atoms with Crippen LogP contribution in [0, 0.1) is 4.91 Å². The minimum atomic E-state index is 0.716. The summed E-state index contributed by atoms with van der Waals surface area (Å²) in [7, 11) is 0. The number of allylic oxidation sites excluding steroid dienone is 1. The van der Waals surface area contributed by atoms with Crippen molar-refractivity contribution in [2.75, 3.05) is 0 Å². The van der Waals surface area contributed by atoms with Crippen LogP contribution >= 0.6 is 0 Å². The minimum absolute atomic E-state index is 0.716. The fourth-order valence-corrected chi connectivity index (χ4v) is 2.10. The Morgan fingerprint density at radius 1 is 1.12 bits per heavy atom. The SMILES string of the molecule is O=[N+]1C=CCc2cccc(-c3ccccn3)c21. The van der Waals surface area contributed by atoms with Gasteiger partial charge >= 0.3 is 0 Å². The highest BCUT2D eigenvalue weighted by molar-refractivity contribution is 5.73. The van der Waals surface area contributed by atoms with Crippen LogP contribution in [0.1, 0.15) is 5.56 Å². The Morgan fingerprint density at radius 2 is 2.06 bits per heavy atom. The predicted octanol–water partition coefficient (Wildman–Crippen LogP) is 3.23. The van der Waals surface area contributed by atoms with Crippen LogP contribution < -0.4 is 0 Å². The molecule has 1 aromatic carbocycles. The molecule has 3 nitrogen and oxygen atoms in total. The quantitative estimate of drug-likeness (QED) is 0.695. The molecule has 82 valence electrons. The van der Waals surface area contributed by atoms with Gasteiger partial charge in [-0.1, -0.05) is 18.2 Å². The summed E-state index contributed by atoms with van der Waals surface area (Å²) in [6.07, 6.45) is 5.98. The lowest BCUT2D eigenvalue weighted by Gasteiger charge is -2.07. The van der Waals surface area contributed by atoms with Gasteiger partial charge in [-0.05, 0) is 24.3 Å². The van der Waals surface area contributed by atoms with Gasteiger partial charge in [0.1, 0.15) is 0 Å². The maximum Gasteiger partial charge on any atom is 0.275 e. The van der Waals surface area contributed by atoms with Gasteiger partial charge in [0, 0.05) is 23.1 Å². The summed E-state index contributed by atoms with van der Waals surface area (Å²) in [5.74, 6) is 0. The van der Waals surface area contributed by atoms with E-state index in [0.29, 0.717) is 5.69 Å². The van der Waals surface area contributed by atoms with E-state index in [9.17, 15) is 4.91 Å². The third-order valence-electron chi connectivity index (χ3n) is 2.86. The standard InChI is InChI=1S/C14H11N2O/c17-16-10-4-6-11-5-3-7-12(14(11)16)13-8-1-2-9-15-13/h1-5,7-10H,6H2/q+1. The number of benzene rings is 1. The number of fused-ring (bicyclic) bond motifs is 1. The molecule has 2 heterocycles. The average molecular weight is 223 g/mol. The highest BCUT2D eigenvalue weighted by Crippen LogP contribution is 2.34. The third-order valence-corrected chi connectivity index (χ3v) is 2.86. The van der Waals surface area contributed by atoms with Crippen molar-refractivity contribution < 1.29 is 4.76 Å². The van der Waals surface area contributed by atoms with Crippen LogP contribution in [0.5, 0.6) is 0 Å². The summed E-state index contributed by atoms with van der Waals surface area (Å²) >= 11 is 0. The van der Waals surface area contributed by atoms with Crippen molar-refractivity contribution in [1.29, 1.82) is 0 Å². The molecule has 2 aromatic rings. The maximum absolute atomic E-state index is 11.9. The first kappa shape index (κ1) is 9.90. The molecule has 3 rings (SSSR count). The smallest absolute Gasteiger partial charge is 0.256 e. The molecule has 0 bridgehead atoms. The maximum atomic E-state index is 11.9. The van der Waals surface area contributed by atoms with Crippen molar-refractivity contribution in [3.63, 3.8) is 0 Å². The van der Waals surface area contributed by atoms with Crippen molar-refractivity contribution in [3.8, 4) is 11.3 Å². The zero-order valence-electron chi connectivity index (χ0n) is 9.21. The summed E-state index contributed by atoms with van der Waals surface area (Å²) in [6, 6.07) is 11.6. The van der Waals surface area contributed by atoms with Crippen molar-refractivity contribution >= 4 is 5.69 Å². The van der Waals surface area contributed by atoms with Gasteiger partial charge in [-0.25, -0.2) is 0 Å². The van der Waals surface area contributed by atoms with Crippen LogP contribution in [0.4, 0.5) is 5.69 Å². The summed E-state index contributed by atoms with van der Waals surface area (Å²) in [4.78, 5) is 16.2. The van der Waals surface area contributed by atoms with E-state index >= 15 is 0 Å². The summed E-state index contributed by atoms with van der Waals surface area (Å²) < 4.78 is 0.919. The van der Waals surface area contributed by atoms with Gasteiger partial charge in [0.2, 0.25) is 6.20 Å². The molecule has 0 spiro atoms. The van der Waals surface area contributed by atoms with Crippen LogP contribution in [0.25, 0.3) is 11.3 Å². The van der Waals surface area contributed by atoms with E-state index in [2.05, 4.69) is 4.98 Å². The van der Waals surface area contributed by atoms with E-state index < -0.39 is 0 Å². The second-order valence-electron chi connectivity index (χ2n) is 3.94. The molecule has 0 fully saturated rings. The first-order valence-corrected chi connectivity index (χ1v) is 5.52. The minimum Gasteiger partial charge on any atom is -0.256 e. The number of nitrogens with zero attached hydrogens (tertiary/aromatic N) is 2. The van der Waals surface area contributed by atoms with E-state index in [4.69, 9.17) is 0 Å². The van der Waals surface area contributed by atoms with Crippen molar-refractivity contribution in [2.45, 2.75) is 6.42 Å². The molecule has 0 atom stereocenters. The Kier molecular flexibility index (Phi) is 2.29. The molecule has 0 amide bonds. The van der Waals surface area contributed by atoms with Crippen LogP contribution in [0.3, 0.4) is 0 Å². The fraction of sp³-hybridized carbons (Fsp3) is 0.0714. The molecule has 0 N–H and O–H groups in total. The van der Waals surface area contributed by atoms with Crippen LogP contribution in [0.2, 0.25) is 0 Å². The Morgan fingerprint density at radius 3 is 2.88 bits per heavy atom. The zero-order valence-corrected chi connectivity index (χ0v) is 9.21. The summed E-state index contributed by atoms with van der Waals surface area (Å²) in [5, 5.41) is 0. The van der Waals surface area contributed by atoms with Gasteiger partial charge in [0.15, 0.2) is 0 Å². The van der Waals surface area contributed by atoms with Gasteiger partial charge in [-0.3, -0.25) is 4.98 Å². The largest absolute Gasteiger partial charge is 0.275 e. The van der Waals surface area contributed by atoms with Crippen LogP contribution in [0.15, 0.2) is 54.9 Å².